The number of ether oxygens (including phenoxy) is 1. The predicted octanol–water partition coefficient (Wildman–Crippen LogP) is 2.39. The zero-order valence-electron chi connectivity index (χ0n) is 12.2. The molecule has 1 aliphatic heterocycles. The van der Waals surface area contributed by atoms with Gasteiger partial charge in [0.05, 0.1) is 18.3 Å². The van der Waals surface area contributed by atoms with Crippen molar-refractivity contribution in [1.82, 2.24) is 4.90 Å². The Bertz CT molecular complexity index is 380. The van der Waals surface area contributed by atoms with Crippen LogP contribution in [0.5, 0.6) is 0 Å². The zero-order chi connectivity index (χ0) is 13.8. The maximum absolute atomic E-state index is 10.3. The van der Waals surface area contributed by atoms with E-state index in [9.17, 15) is 5.11 Å². The predicted molar refractivity (Wildman–Crippen MR) is 77.2 cm³/mol. The molecule has 1 saturated heterocycles. The summed E-state index contributed by atoms with van der Waals surface area (Å²) in [5, 5.41) is 10.3. The summed E-state index contributed by atoms with van der Waals surface area (Å²) >= 11 is 0. The molecule has 106 valence electrons. The van der Waals surface area contributed by atoms with Crippen LogP contribution < -0.4 is 0 Å². The molecular formula is C16H25NO2. The van der Waals surface area contributed by atoms with Crippen molar-refractivity contribution in [3.05, 3.63) is 35.4 Å². The number of morpholine rings is 1. The van der Waals surface area contributed by atoms with Crippen LogP contribution in [0, 0.1) is 0 Å². The number of nitrogens with zero attached hydrogens (tertiary/aromatic N) is 1. The van der Waals surface area contributed by atoms with Crippen LogP contribution in [0.15, 0.2) is 24.3 Å². The normalized spacial score (nSPS) is 26.3. The van der Waals surface area contributed by atoms with Gasteiger partial charge >= 0.3 is 0 Å². The van der Waals surface area contributed by atoms with Gasteiger partial charge in [-0.15, -0.1) is 0 Å². The Morgan fingerprint density at radius 2 is 1.79 bits per heavy atom. The molecule has 0 aromatic heterocycles. The molecule has 0 aliphatic carbocycles. The van der Waals surface area contributed by atoms with E-state index >= 15 is 0 Å². The molecule has 1 aromatic rings. The smallest absolute Gasteiger partial charge is 0.0916 e. The molecular weight excluding hydrogens is 238 g/mol. The molecule has 0 spiro atoms. The van der Waals surface area contributed by atoms with Crippen LogP contribution in [-0.2, 0) is 11.2 Å². The topological polar surface area (TPSA) is 32.7 Å². The molecule has 0 bridgehead atoms. The molecule has 2 rings (SSSR count). The highest BCUT2D eigenvalue weighted by Crippen LogP contribution is 2.18. The second-order valence-electron chi connectivity index (χ2n) is 5.59. The van der Waals surface area contributed by atoms with Crippen LogP contribution >= 0.6 is 0 Å². The first-order valence-corrected chi connectivity index (χ1v) is 7.23. The summed E-state index contributed by atoms with van der Waals surface area (Å²) in [4.78, 5) is 2.29. The van der Waals surface area contributed by atoms with Crippen LogP contribution in [0.1, 0.15) is 38.0 Å². The Kier molecular flexibility index (Phi) is 4.97. The van der Waals surface area contributed by atoms with Crippen LogP contribution in [0.2, 0.25) is 0 Å². The minimum atomic E-state index is -0.414. The summed E-state index contributed by atoms with van der Waals surface area (Å²) in [5.74, 6) is 0. The highest BCUT2D eigenvalue weighted by molar-refractivity contribution is 5.24. The Hall–Kier alpha value is -0.900. The number of aliphatic hydroxyl groups excluding tert-OH is 1. The average molecular weight is 263 g/mol. The molecule has 3 nitrogen and oxygen atoms in total. The minimum Gasteiger partial charge on any atom is -0.387 e. The summed E-state index contributed by atoms with van der Waals surface area (Å²) in [6.07, 6.45) is 1.12. The first-order valence-electron chi connectivity index (χ1n) is 7.23. The highest BCUT2D eigenvalue weighted by Gasteiger charge is 2.24. The molecule has 3 unspecified atom stereocenters. The van der Waals surface area contributed by atoms with Crippen molar-refractivity contribution in [2.45, 2.75) is 45.5 Å². The maximum Gasteiger partial charge on any atom is 0.0916 e. The molecule has 1 N–H and O–H groups in total. The number of rotatable bonds is 4. The zero-order valence-corrected chi connectivity index (χ0v) is 12.2. The number of aryl methyl sites for hydroxylation is 1. The lowest BCUT2D eigenvalue weighted by molar-refractivity contribution is -0.0767. The van der Waals surface area contributed by atoms with E-state index in [2.05, 4.69) is 37.8 Å². The van der Waals surface area contributed by atoms with Crippen molar-refractivity contribution in [3.8, 4) is 0 Å². The third-order valence-corrected chi connectivity index (χ3v) is 3.70. The number of hydrogen-bond acceptors (Lipinski definition) is 3. The second kappa shape index (κ2) is 6.51. The Balaban J connectivity index is 1.93. The van der Waals surface area contributed by atoms with Crippen molar-refractivity contribution in [2.24, 2.45) is 0 Å². The molecule has 19 heavy (non-hydrogen) atoms. The van der Waals surface area contributed by atoms with Gasteiger partial charge in [0.2, 0.25) is 0 Å². The second-order valence-corrected chi connectivity index (χ2v) is 5.59. The van der Waals surface area contributed by atoms with E-state index < -0.39 is 6.10 Å². The highest BCUT2D eigenvalue weighted by atomic mass is 16.5. The Morgan fingerprint density at radius 3 is 2.32 bits per heavy atom. The monoisotopic (exact) mass is 263 g/mol. The van der Waals surface area contributed by atoms with Gasteiger partial charge in [-0.1, -0.05) is 31.2 Å². The Morgan fingerprint density at radius 1 is 1.21 bits per heavy atom. The van der Waals surface area contributed by atoms with Crippen molar-refractivity contribution in [3.63, 3.8) is 0 Å². The average Bonchev–Trinajstić information content (AvgIpc) is 2.37. The third kappa shape index (κ3) is 4.03. The lowest BCUT2D eigenvalue weighted by Crippen LogP contribution is -2.46. The van der Waals surface area contributed by atoms with E-state index in [1.54, 1.807) is 0 Å². The van der Waals surface area contributed by atoms with Gasteiger partial charge in [0, 0.05) is 19.6 Å². The first kappa shape index (κ1) is 14.5. The van der Waals surface area contributed by atoms with Gasteiger partial charge in [-0.25, -0.2) is 0 Å². The van der Waals surface area contributed by atoms with Gasteiger partial charge in [-0.2, -0.15) is 0 Å². The van der Waals surface area contributed by atoms with Gasteiger partial charge in [-0.3, -0.25) is 4.90 Å². The number of aliphatic hydroxyl groups is 1. The van der Waals surface area contributed by atoms with Crippen LogP contribution in [0.4, 0.5) is 0 Å². The van der Waals surface area contributed by atoms with E-state index in [1.165, 1.54) is 5.56 Å². The van der Waals surface area contributed by atoms with E-state index in [0.29, 0.717) is 6.54 Å². The van der Waals surface area contributed by atoms with Crippen LogP contribution in [0.25, 0.3) is 0 Å². The lowest BCUT2D eigenvalue weighted by atomic mass is 10.0. The molecule has 0 saturated carbocycles. The van der Waals surface area contributed by atoms with Gasteiger partial charge in [-0.05, 0) is 31.4 Å². The largest absolute Gasteiger partial charge is 0.387 e. The third-order valence-electron chi connectivity index (χ3n) is 3.70. The molecule has 0 amide bonds. The fraction of sp³-hybridized carbons (Fsp3) is 0.625. The molecule has 3 atom stereocenters. The summed E-state index contributed by atoms with van der Waals surface area (Å²) < 4.78 is 5.71. The minimum absolute atomic E-state index is 0.249. The van der Waals surface area contributed by atoms with E-state index in [0.717, 1.165) is 25.1 Å². The number of β-amino-alcohol motifs (C(OH)–C–C–N with tert-alkyl or cyclic N) is 1. The number of hydrogen-bond donors (Lipinski definition) is 1. The molecule has 1 fully saturated rings. The fourth-order valence-electron chi connectivity index (χ4n) is 2.76. The quantitative estimate of drug-likeness (QED) is 0.905. The number of benzene rings is 1. The standard InChI is InChI=1S/C16H25NO2/c1-4-14-5-7-15(8-6-14)16(18)11-17-9-12(2)19-13(3)10-17/h5-8,12-13,16,18H,4,9-11H2,1-3H3. The summed E-state index contributed by atoms with van der Waals surface area (Å²) in [5.41, 5.74) is 2.31. The van der Waals surface area contributed by atoms with Gasteiger partial charge in [0.25, 0.3) is 0 Å². The molecule has 1 heterocycles. The fourth-order valence-corrected chi connectivity index (χ4v) is 2.76. The molecule has 3 heteroatoms. The molecule has 1 aliphatic rings. The first-order chi connectivity index (χ1) is 9.08. The summed E-state index contributed by atoms with van der Waals surface area (Å²) in [6, 6.07) is 8.28. The van der Waals surface area contributed by atoms with E-state index in [4.69, 9.17) is 4.74 Å². The van der Waals surface area contributed by atoms with Crippen molar-refractivity contribution < 1.29 is 9.84 Å². The Labute approximate surface area is 116 Å². The summed E-state index contributed by atoms with van der Waals surface area (Å²) in [6.45, 7) is 8.80. The van der Waals surface area contributed by atoms with Gasteiger partial charge in [0.1, 0.15) is 0 Å². The van der Waals surface area contributed by atoms with Crippen molar-refractivity contribution in [2.75, 3.05) is 19.6 Å². The van der Waals surface area contributed by atoms with Crippen molar-refractivity contribution >= 4 is 0 Å². The van der Waals surface area contributed by atoms with Gasteiger partial charge in [0.15, 0.2) is 0 Å². The maximum atomic E-state index is 10.3. The van der Waals surface area contributed by atoms with Gasteiger partial charge < -0.3 is 9.84 Å². The van der Waals surface area contributed by atoms with Crippen LogP contribution in [-0.4, -0.2) is 41.8 Å². The lowest BCUT2D eigenvalue weighted by Gasteiger charge is -2.36. The molecule has 0 radical (unpaired) electrons. The SMILES string of the molecule is CCc1ccc(C(O)CN2CC(C)OC(C)C2)cc1. The van der Waals surface area contributed by atoms with Crippen LogP contribution in [0.3, 0.4) is 0 Å². The van der Waals surface area contributed by atoms with E-state index in [-0.39, 0.29) is 12.2 Å². The van der Waals surface area contributed by atoms with E-state index in [1.807, 2.05) is 12.1 Å². The summed E-state index contributed by atoms with van der Waals surface area (Å²) in [7, 11) is 0. The molecule has 1 aromatic carbocycles. The van der Waals surface area contributed by atoms with Crippen molar-refractivity contribution in [1.29, 1.82) is 0 Å².